The Hall–Kier alpha value is -3.00. The highest BCUT2D eigenvalue weighted by Gasteiger charge is 2.37. The number of hydrogen-bond donors (Lipinski definition) is 1. The van der Waals surface area contributed by atoms with Gasteiger partial charge in [0.1, 0.15) is 6.54 Å². The number of carbonyl (C=O) groups excluding carboxylic acids is 4. The van der Waals surface area contributed by atoms with Crippen LogP contribution in [0.3, 0.4) is 0 Å². The Morgan fingerprint density at radius 1 is 1.07 bits per heavy atom. The maximum atomic E-state index is 12.5. The molecule has 2 heterocycles. The number of benzene rings is 1. The van der Waals surface area contributed by atoms with Crippen LogP contribution in [-0.2, 0) is 16.1 Å². The summed E-state index contributed by atoms with van der Waals surface area (Å²) in [6.45, 7) is 1.95. The SMILES string of the molecule is CCN(CC(=O)NCc1cccs1)C(=O)CN1C(=O)c2ccccc2C1=O. The number of fused-ring (bicyclic) bond motifs is 1. The monoisotopic (exact) mass is 385 g/mol. The van der Waals surface area contributed by atoms with Gasteiger partial charge in [0.25, 0.3) is 11.8 Å². The molecule has 0 radical (unpaired) electrons. The number of nitrogens with one attached hydrogen (secondary N) is 1. The van der Waals surface area contributed by atoms with E-state index in [0.29, 0.717) is 24.2 Å². The first-order chi connectivity index (χ1) is 13.0. The number of amides is 4. The number of likely N-dealkylation sites (N-methyl/N-ethyl adjacent to an activating group) is 1. The van der Waals surface area contributed by atoms with Crippen molar-refractivity contribution in [1.29, 1.82) is 0 Å². The minimum absolute atomic E-state index is 0.121. The lowest BCUT2D eigenvalue weighted by molar-refractivity contribution is -0.136. The molecule has 0 unspecified atom stereocenters. The molecule has 4 amide bonds. The van der Waals surface area contributed by atoms with E-state index in [9.17, 15) is 19.2 Å². The summed E-state index contributed by atoms with van der Waals surface area (Å²) in [5, 5.41) is 4.68. The summed E-state index contributed by atoms with van der Waals surface area (Å²) < 4.78 is 0. The second-order valence-corrected chi connectivity index (χ2v) is 7.04. The number of rotatable bonds is 7. The molecule has 0 aliphatic carbocycles. The van der Waals surface area contributed by atoms with E-state index in [2.05, 4.69) is 5.32 Å². The van der Waals surface area contributed by atoms with Crippen molar-refractivity contribution in [2.45, 2.75) is 13.5 Å². The molecule has 0 saturated heterocycles. The molecular formula is C19H19N3O4S. The smallest absolute Gasteiger partial charge is 0.262 e. The molecule has 27 heavy (non-hydrogen) atoms. The van der Waals surface area contributed by atoms with Gasteiger partial charge < -0.3 is 10.2 Å². The third-order valence-electron chi connectivity index (χ3n) is 4.28. The Kier molecular flexibility index (Phi) is 5.66. The van der Waals surface area contributed by atoms with E-state index in [-0.39, 0.29) is 19.0 Å². The summed E-state index contributed by atoms with van der Waals surface area (Å²) in [4.78, 5) is 52.7. The molecule has 140 valence electrons. The Morgan fingerprint density at radius 2 is 1.74 bits per heavy atom. The van der Waals surface area contributed by atoms with Gasteiger partial charge in [-0.2, -0.15) is 0 Å². The number of hydrogen-bond acceptors (Lipinski definition) is 5. The molecule has 1 aliphatic rings. The first kappa shape index (κ1) is 18.8. The number of imide groups is 1. The molecule has 0 atom stereocenters. The molecule has 7 nitrogen and oxygen atoms in total. The maximum Gasteiger partial charge on any atom is 0.262 e. The number of nitrogens with zero attached hydrogens (tertiary/aromatic N) is 2. The highest BCUT2D eigenvalue weighted by molar-refractivity contribution is 7.09. The van der Waals surface area contributed by atoms with E-state index < -0.39 is 17.7 Å². The van der Waals surface area contributed by atoms with Gasteiger partial charge in [-0.1, -0.05) is 18.2 Å². The molecule has 1 aliphatic heterocycles. The lowest BCUT2D eigenvalue weighted by Crippen LogP contribution is -2.46. The van der Waals surface area contributed by atoms with Crippen LogP contribution >= 0.6 is 11.3 Å². The lowest BCUT2D eigenvalue weighted by atomic mass is 10.1. The molecule has 0 spiro atoms. The van der Waals surface area contributed by atoms with Crippen LogP contribution in [0.5, 0.6) is 0 Å². The van der Waals surface area contributed by atoms with Crippen LogP contribution in [0.25, 0.3) is 0 Å². The summed E-state index contributed by atoms with van der Waals surface area (Å²) in [7, 11) is 0. The molecule has 0 saturated carbocycles. The van der Waals surface area contributed by atoms with Crippen molar-refractivity contribution in [2.75, 3.05) is 19.6 Å². The van der Waals surface area contributed by atoms with Crippen molar-refractivity contribution < 1.29 is 19.2 Å². The van der Waals surface area contributed by atoms with Crippen LogP contribution in [0.4, 0.5) is 0 Å². The number of thiophene rings is 1. The zero-order chi connectivity index (χ0) is 19.4. The zero-order valence-corrected chi connectivity index (χ0v) is 15.6. The standard InChI is InChI=1S/C19H19N3O4S/c1-2-21(11-16(23)20-10-13-6-5-9-27-13)17(24)12-22-18(25)14-7-3-4-8-15(14)19(22)26/h3-9H,2,10-12H2,1H3,(H,20,23). The van der Waals surface area contributed by atoms with Gasteiger partial charge in [0.2, 0.25) is 11.8 Å². The quantitative estimate of drug-likeness (QED) is 0.732. The number of carbonyl (C=O) groups is 4. The van der Waals surface area contributed by atoms with Crippen LogP contribution in [0.15, 0.2) is 41.8 Å². The van der Waals surface area contributed by atoms with Gasteiger partial charge in [-0.15, -0.1) is 11.3 Å². The molecule has 3 rings (SSSR count). The van der Waals surface area contributed by atoms with Gasteiger partial charge in [0.15, 0.2) is 0 Å². The largest absolute Gasteiger partial charge is 0.350 e. The Balaban J connectivity index is 1.58. The van der Waals surface area contributed by atoms with Gasteiger partial charge in [-0.3, -0.25) is 24.1 Å². The third-order valence-corrected chi connectivity index (χ3v) is 5.16. The fourth-order valence-electron chi connectivity index (χ4n) is 2.82. The molecule has 0 bridgehead atoms. The topological polar surface area (TPSA) is 86.8 Å². The van der Waals surface area contributed by atoms with Crippen LogP contribution in [0, 0.1) is 0 Å². The zero-order valence-electron chi connectivity index (χ0n) is 14.8. The molecule has 0 fully saturated rings. The van der Waals surface area contributed by atoms with Crippen molar-refractivity contribution >= 4 is 35.0 Å². The fraction of sp³-hybridized carbons (Fsp3) is 0.263. The van der Waals surface area contributed by atoms with E-state index >= 15 is 0 Å². The van der Waals surface area contributed by atoms with Crippen LogP contribution in [0.2, 0.25) is 0 Å². The van der Waals surface area contributed by atoms with Gasteiger partial charge in [0, 0.05) is 11.4 Å². The Labute approximate surface area is 160 Å². The van der Waals surface area contributed by atoms with Gasteiger partial charge in [0.05, 0.1) is 24.2 Å². The van der Waals surface area contributed by atoms with Gasteiger partial charge >= 0.3 is 0 Å². The van der Waals surface area contributed by atoms with E-state index in [4.69, 9.17) is 0 Å². The van der Waals surface area contributed by atoms with Crippen molar-refractivity contribution in [2.24, 2.45) is 0 Å². The average molecular weight is 385 g/mol. The average Bonchev–Trinajstić information content (AvgIpc) is 3.28. The third kappa shape index (κ3) is 4.06. The van der Waals surface area contributed by atoms with Gasteiger partial charge in [-0.05, 0) is 30.5 Å². The van der Waals surface area contributed by atoms with Crippen molar-refractivity contribution in [3.63, 3.8) is 0 Å². The highest BCUT2D eigenvalue weighted by atomic mass is 32.1. The van der Waals surface area contributed by atoms with Crippen LogP contribution in [-0.4, -0.2) is 53.1 Å². The fourth-order valence-corrected chi connectivity index (χ4v) is 3.47. The summed E-state index contributed by atoms with van der Waals surface area (Å²) >= 11 is 1.53. The Bertz CT molecular complexity index is 844. The van der Waals surface area contributed by atoms with E-state index in [1.54, 1.807) is 31.2 Å². The highest BCUT2D eigenvalue weighted by Crippen LogP contribution is 2.22. The first-order valence-electron chi connectivity index (χ1n) is 8.53. The molecular weight excluding hydrogens is 366 g/mol. The van der Waals surface area contributed by atoms with Crippen molar-refractivity contribution in [3.05, 3.63) is 57.8 Å². The lowest BCUT2D eigenvalue weighted by Gasteiger charge is -2.23. The second kappa shape index (κ2) is 8.13. The predicted octanol–water partition coefficient (Wildman–Crippen LogP) is 1.51. The Morgan fingerprint density at radius 3 is 2.30 bits per heavy atom. The van der Waals surface area contributed by atoms with E-state index in [1.165, 1.54) is 16.2 Å². The normalized spacial score (nSPS) is 12.9. The van der Waals surface area contributed by atoms with Crippen LogP contribution < -0.4 is 5.32 Å². The molecule has 1 aromatic carbocycles. The van der Waals surface area contributed by atoms with Gasteiger partial charge in [-0.25, -0.2) is 0 Å². The van der Waals surface area contributed by atoms with E-state index in [1.807, 2.05) is 17.5 Å². The predicted molar refractivity (Wildman–Crippen MR) is 100 cm³/mol. The summed E-state index contributed by atoms with van der Waals surface area (Å²) in [6.07, 6.45) is 0. The van der Waals surface area contributed by atoms with Crippen molar-refractivity contribution in [1.82, 2.24) is 15.1 Å². The molecule has 8 heteroatoms. The second-order valence-electron chi connectivity index (χ2n) is 6.01. The molecule has 2 aromatic rings. The van der Waals surface area contributed by atoms with Crippen molar-refractivity contribution in [3.8, 4) is 0 Å². The van der Waals surface area contributed by atoms with Crippen LogP contribution in [0.1, 0.15) is 32.5 Å². The summed E-state index contributed by atoms with van der Waals surface area (Å²) in [5.74, 6) is -1.71. The molecule has 1 N–H and O–H groups in total. The minimum atomic E-state index is -0.484. The minimum Gasteiger partial charge on any atom is -0.350 e. The molecule has 1 aromatic heterocycles. The summed E-state index contributed by atoms with van der Waals surface area (Å²) in [5.41, 5.74) is 0.596. The maximum absolute atomic E-state index is 12.5. The van der Waals surface area contributed by atoms with E-state index in [0.717, 1.165) is 9.78 Å². The first-order valence-corrected chi connectivity index (χ1v) is 9.41. The summed E-state index contributed by atoms with van der Waals surface area (Å²) in [6, 6.07) is 10.3.